The van der Waals surface area contributed by atoms with Gasteiger partial charge in [0.15, 0.2) is 0 Å². The van der Waals surface area contributed by atoms with Crippen molar-refractivity contribution in [1.82, 2.24) is 10.2 Å². The smallest absolute Gasteiger partial charge is 0.229 e. The van der Waals surface area contributed by atoms with Crippen LogP contribution in [-0.2, 0) is 23.0 Å². The number of anilines is 2. The van der Waals surface area contributed by atoms with E-state index in [0.717, 1.165) is 28.4 Å². The van der Waals surface area contributed by atoms with Gasteiger partial charge in [-0.3, -0.25) is 4.72 Å². The van der Waals surface area contributed by atoms with Crippen LogP contribution < -0.4 is 10.0 Å². The first-order valence-corrected chi connectivity index (χ1v) is 8.80. The quantitative estimate of drug-likeness (QED) is 0.853. The minimum Gasteiger partial charge on any atom is -0.378 e. The lowest BCUT2D eigenvalue weighted by Gasteiger charge is -2.07. The highest BCUT2D eigenvalue weighted by Gasteiger charge is 2.04. The van der Waals surface area contributed by atoms with Crippen molar-refractivity contribution in [2.45, 2.75) is 19.9 Å². The Balaban J connectivity index is 2.01. The molecule has 1 heterocycles. The number of aromatic nitrogens is 2. The van der Waals surface area contributed by atoms with Gasteiger partial charge in [-0.1, -0.05) is 24.3 Å². The highest BCUT2D eigenvalue weighted by molar-refractivity contribution is 7.92. The lowest BCUT2D eigenvalue weighted by atomic mass is 10.3. The Bertz CT molecular complexity index is 682. The molecule has 0 spiro atoms. The van der Waals surface area contributed by atoms with Crippen molar-refractivity contribution < 1.29 is 8.42 Å². The third-order valence-electron chi connectivity index (χ3n) is 2.42. The Morgan fingerprint density at radius 2 is 1.90 bits per heavy atom. The van der Waals surface area contributed by atoms with Crippen molar-refractivity contribution in [2.24, 2.45) is 0 Å². The first-order valence-electron chi connectivity index (χ1n) is 6.09. The standard InChI is InChI=1S/C12H16N4O2S2/c1-3-11-14-15-12(19-11)8-13-9-5-4-6-10(7-9)16-20(2,17)18/h4-7,13,16H,3,8H2,1-2H3. The fourth-order valence-corrected chi connectivity index (χ4v) is 2.87. The zero-order valence-electron chi connectivity index (χ0n) is 11.3. The molecule has 1 aromatic heterocycles. The second kappa shape index (κ2) is 6.19. The number of benzene rings is 1. The number of hydrogen-bond acceptors (Lipinski definition) is 6. The van der Waals surface area contributed by atoms with E-state index in [4.69, 9.17) is 0 Å². The van der Waals surface area contributed by atoms with Gasteiger partial charge in [-0.25, -0.2) is 8.42 Å². The first-order chi connectivity index (χ1) is 9.46. The van der Waals surface area contributed by atoms with Crippen molar-refractivity contribution in [2.75, 3.05) is 16.3 Å². The molecule has 0 aliphatic carbocycles. The maximum Gasteiger partial charge on any atom is 0.229 e. The van der Waals surface area contributed by atoms with E-state index in [1.54, 1.807) is 29.5 Å². The number of sulfonamides is 1. The van der Waals surface area contributed by atoms with Gasteiger partial charge in [0, 0.05) is 5.69 Å². The number of aryl methyl sites for hydroxylation is 1. The van der Waals surface area contributed by atoms with Crippen LogP contribution >= 0.6 is 11.3 Å². The number of hydrogen-bond donors (Lipinski definition) is 2. The zero-order valence-corrected chi connectivity index (χ0v) is 12.9. The molecule has 0 radical (unpaired) electrons. The molecule has 8 heteroatoms. The molecule has 2 N–H and O–H groups in total. The molecule has 0 aliphatic heterocycles. The summed E-state index contributed by atoms with van der Waals surface area (Å²) in [4.78, 5) is 0. The second-order valence-corrected chi connectivity index (χ2v) is 7.15. The first kappa shape index (κ1) is 14.7. The molecule has 0 amide bonds. The Labute approximate surface area is 122 Å². The molecule has 1 aromatic carbocycles. The Kier molecular flexibility index (Phi) is 4.56. The van der Waals surface area contributed by atoms with Crippen LogP contribution in [0.4, 0.5) is 11.4 Å². The summed E-state index contributed by atoms with van der Waals surface area (Å²) in [6.45, 7) is 2.61. The normalized spacial score (nSPS) is 11.3. The molecule has 2 rings (SSSR count). The lowest BCUT2D eigenvalue weighted by Crippen LogP contribution is -2.09. The number of nitrogens with one attached hydrogen (secondary N) is 2. The van der Waals surface area contributed by atoms with Gasteiger partial charge in [-0.15, -0.1) is 10.2 Å². The molecule has 0 atom stereocenters. The maximum absolute atomic E-state index is 11.2. The topological polar surface area (TPSA) is 84.0 Å². The van der Waals surface area contributed by atoms with E-state index < -0.39 is 10.0 Å². The molecule has 0 fully saturated rings. The van der Waals surface area contributed by atoms with Crippen molar-refractivity contribution in [3.8, 4) is 0 Å². The van der Waals surface area contributed by atoms with Crippen LogP contribution in [0.3, 0.4) is 0 Å². The van der Waals surface area contributed by atoms with E-state index in [9.17, 15) is 8.42 Å². The van der Waals surface area contributed by atoms with Crippen LogP contribution in [0.15, 0.2) is 24.3 Å². The summed E-state index contributed by atoms with van der Waals surface area (Å²) < 4.78 is 24.8. The molecule has 0 aliphatic rings. The molecule has 2 aromatic rings. The highest BCUT2D eigenvalue weighted by atomic mass is 32.2. The molecule has 108 valence electrons. The molecule has 0 saturated heterocycles. The highest BCUT2D eigenvalue weighted by Crippen LogP contribution is 2.18. The Morgan fingerprint density at radius 1 is 1.20 bits per heavy atom. The van der Waals surface area contributed by atoms with E-state index >= 15 is 0 Å². The van der Waals surface area contributed by atoms with Gasteiger partial charge in [0.25, 0.3) is 0 Å². The third kappa shape index (κ3) is 4.46. The lowest BCUT2D eigenvalue weighted by molar-refractivity contribution is 0.607. The van der Waals surface area contributed by atoms with Crippen LogP contribution in [-0.4, -0.2) is 24.9 Å². The maximum atomic E-state index is 11.2. The minimum absolute atomic E-state index is 0.531. The summed E-state index contributed by atoms with van der Waals surface area (Å²) in [6.07, 6.45) is 2.01. The van der Waals surface area contributed by atoms with Gasteiger partial charge >= 0.3 is 0 Å². The van der Waals surface area contributed by atoms with Gasteiger partial charge in [0.1, 0.15) is 10.0 Å². The van der Waals surface area contributed by atoms with Gasteiger partial charge in [-0.2, -0.15) is 0 Å². The summed E-state index contributed by atoms with van der Waals surface area (Å²) >= 11 is 1.57. The van der Waals surface area contributed by atoms with Crippen LogP contribution in [0, 0.1) is 0 Å². The van der Waals surface area contributed by atoms with Gasteiger partial charge in [-0.05, 0) is 24.6 Å². The molecule has 6 nitrogen and oxygen atoms in total. The number of nitrogens with zero attached hydrogens (tertiary/aromatic N) is 2. The SMILES string of the molecule is CCc1nnc(CNc2cccc(NS(C)(=O)=O)c2)s1. The summed E-state index contributed by atoms with van der Waals surface area (Å²) in [6, 6.07) is 7.10. The fraction of sp³-hybridized carbons (Fsp3) is 0.333. The van der Waals surface area contributed by atoms with E-state index in [2.05, 4.69) is 20.2 Å². The Morgan fingerprint density at radius 3 is 2.55 bits per heavy atom. The Hall–Kier alpha value is -1.67. The fourth-order valence-electron chi connectivity index (χ4n) is 1.59. The van der Waals surface area contributed by atoms with Gasteiger partial charge < -0.3 is 5.32 Å². The van der Waals surface area contributed by atoms with E-state index in [1.165, 1.54) is 0 Å². The van der Waals surface area contributed by atoms with Crippen molar-refractivity contribution >= 4 is 32.7 Å². The van der Waals surface area contributed by atoms with Gasteiger partial charge in [0.2, 0.25) is 10.0 Å². The second-order valence-electron chi connectivity index (χ2n) is 4.25. The van der Waals surface area contributed by atoms with Gasteiger partial charge in [0.05, 0.1) is 18.5 Å². The minimum atomic E-state index is -3.26. The molecule has 0 unspecified atom stereocenters. The van der Waals surface area contributed by atoms with Crippen LogP contribution in [0.5, 0.6) is 0 Å². The molecular formula is C12H16N4O2S2. The molecule has 0 bridgehead atoms. The predicted molar refractivity (Wildman–Crippen MR) is 81.5 cm³/mol. The monoisotopic (exact) mass is 312 g/mol. The summed E-state index contributed by atoms with van der Waals surface area (Å²) in [5.41, 5.74) is 1.36. The third-order valence-corrected chi connectivity index (χ3v) is 4.09. The van der Waals surface area contributed by atoms with Crippen molar-refractivity contribution in [3.05, 3.63) is 34.3 Å². The zero-order chi connectivity index (χ0) is 14.6. The summed E-state index contributed by atoms with van der Waals surface area (Å²) in [5, 5.41) is 13.2. The average molecular weight is 312 g/mol. The number of rotatable bonds is 6. The summed E-state index contributed by atoms with van der Waals surface area (Å²) in [7, 11) is -3.26. The molecule has 20 heavy (non-hydrogen) atoms. The van der Waals surface area contributed by atoms with Crippen LogP contribution in [0.1, 0.15) is 16.9 Å². The van der Waals surface area contributed by atoms with E-state index in [-0.39, 0.29) is 0 Å². The predicted octanol–water partition coefficient (Wildman–Crippen LogP) is 2.08. The molecule has 0 saturated carbocycles. The summed E-state index contributed by atoms with van der Waals surface area (Å²) in [5.74, 6) is 0. The van der Waals surface area contributed by atoms with Crippen LogP contribution in [0.25, 0.3) is 0 Å². The molecular weight excluding hydrogens is 296 g/mol. The largest absolute Gasteiger partial charge is 0.378 e. The van der Waals surface area contributed by atoms with Crippen LogP contribution in [0.2, 0.25) is 0 Å². The van der Waals surface area contributed by atoms with Crippen molar-refractivity contribution in [1.29, 1.82) is 0 Å². The average Bonchev–Trinajstić information content (AvgIpc) is 2.83. The van der Waals surface area contributed by atoms with E-state index in [0.29, 0.717) is 12.2 Å². The van der Waals surface area contributed by atoms with E-state index in [1.807, 2.05) is 13.0 Å². The van der Waals surface area contributed by atoms with Crippen molar-refractivity contribution in [3.63, 3.8) is 0 Å².